The minimum atomic E-state index is -0.492. The second-order valence-electron chi connectivity index (χ2n) is 4.26. The Bertz CT molecular complexity index is 442. The number of hydrazine groups is 1. The smallest absolute Gasteiger partial charge is 0.293 e. The van der Waals surface area contributed by atoms with E-state index in [1.54, 1.807) is 19.2 Å². The van der Waals surface area contributed by atoms with Gasteiger partial charge in [0.2, 0.25) is 0 Å². The molecule has 0 aromatic heterocycles. The molecule has 0 bridgehead atoms. The lowest BCUT2D eigenvalue weighted by Crippen LogP contribution is -2.10. The van der Waals surface area contributed by atoms with Crippen molar-refractivity contribution in [1.29, 1.82) is 0 Å². The Balaban J connectivity index is 2.28. The van der Waals surface area contributed by atoms with Crippen LogP contribution >= 0.6 is 0 Å². The van der Waals surface area contributed by atoms with Gasteiger partial charge >= 0.3 is 0 Å². The summed E-state index contributed by atoms with van der Waals surface area (Å²) in [6, 6.07) is 4.63. The number of nitrogens with zero attached hydrogens (tertiary/aromatic N) is 1. The van der Waals surface area contributed by atoms with Gasteiger partial charge in [-0.3, -0.25) is 16.0 Å². The summed E-state index contributed by atoms with van der Waals surface area (Å²) in [5, 5.41) is 10.8. The Morgan fingerprint density at radius 3 is 2.67 bits per heavy atom. The summed E-state index contributed by atoms with van der Waals surface area (Å²) >= 11 is 0. The summed E-state index contributed by atoms with van der Waals surface area (Å²) in [6.45, 7) is 2.61. The van der Waals surface area contributed by atoms with Crippen LogP contribution in [0, 0.1) is 10.1 Å². The molecule has 8 nitrogen and oxygen atoms in total. The Labute approximate surface area is 123 Å². The summed E-state index contributed by atoms with van der Waals surface area (Å²) < 4.78 is 15.7. The molecule has 1 rings (SSSR count). The SMILES string of the molecule is COCCCOCCOCc1ccc([N+](=O)[O-])c(NN)c1. The van der Waals surface area contributed by atoms with E-state index in [1.807, 2.05) is 0 Å². The third kappa shape index (κ3) is 6.50. The van der Waals surface area contributed by atoms with Gasteiger partial charge in [0.05, 0.1) is 24.7 Å². The topological polar surface area (TPSA) is 109 Å². The molecule has 0 aliphatic rings. The molecule has 0 heterocycles. The number of nitrogen functional groups attached to an aromatic ring is 1. The minimum Gasteiger partial charge on any atom is -0.385 e. The molecule has 0 aliphatic carbocycles. The van der Waals surface area contributed by atoms with Crippen molar-refractivity contribution in [3.63, 3.8) is 0 Å². The molecule has 8 heteroatoms. The van der Waals surface area contributed by atoms with Gasteiger partial charge in [0, 0.05) is 26.4 Å². The summed E-state index contributed by atoms with van der Waals surface area (Å²) in [4.78, 5) is 10.3. The Morgan fingerprint density at radius 1 is 1.24 bits per heavy atom. The Morgan fingerprint density at radius 2 is 2.00 bits per heavy atom. The lowest BCUT2D eigenvalue weighted by Gasteiger charge is -2.08. The van der Waals surface area contributed by atoms with Gasteiger partial charge < -0.3 is 19.6 Å². The molecule has 0 amide bonds. The van der Waals surface area contributed by atoms with Crippen LogP contribution < -0.4 is 11.3 Å². The summed E-state index contributed by atoms with van der Waals surface area (Å²) in [5.41, 5.74) is 3.31. The fourth-order valence-corrected chi connectivity index (χ4v) is 1.66. The molecule has 1 aromatic carbocycles. The van der Waals surface area contributed by atoms with Gasteiger partial charge in [-0.15, -0.1) is 0 Å². The molecule has 118 valence electrons. The normalized spacial score (nSPS) is 10.6. The van der Waals surface area contributed by atoms with Crippen molar-refractivity contribution in [3.05, 3.63) is 33.9 Å². The molecule has 0 fully saturated rings. The fraction of sp³-hybridized carbons (Fsp3) is 0.538. The summed E-state index contributed by atoms with van der Waals surface area (Å²) in [7, 11) is 1.65. The highest BCUT2D eigenvalue weighted by atomic mass is 16.6. The van der Waals surface area contributed by atoms with Crippen molar-refractivity contribution in [2.75, 3.05) is 39.0 Å². The first kappa shape index (κ1) is 17.3. The molecule has 0 saturated carbocycles. The zero-order valence-corrected chi connectivity index (χ0v) is 12.0. The molecule has 0 radical (unpaired) electrons. The van der Waals surface area contributed by atoms with E-state index < -0.39 is 4.92 Å². The predicted octanol–water partition coefficient (Wildman–Crippen LogP) is 1.45. The fourth-order valence-electron chi connectivity index (χ4n) is 1.66. The van der Waals surface area contributed by atoms with E-state index in [1.165, 1.54) is 6.07 Å². The number of anilines is 1. The number of hydrogen-bond donors (Lipinski definition) is 2. The third-order valence-corrected chi connectivity index (χ3v) is 2.69. The molecular formula is C13H21N3O5. The number of benzene rings is 1. The average Bonchev–Trinajstić information content (AvgIpc) is 2.49. The lowest BCUT2D eigenvalue weighted by atomic mass is 10.2. The Hall–Kier alpha value is -1.74. The van der Waals surface area contributed by atoms with Crippen LogP contribution in [0.1, 0.15) is 12.0 Å². The van der Waals surface area contributed by atoms with Crippen molar-refractivity contribution in [2.24, 2.45) is 5.84 Å². The molecule has 0 saturated heterocycles. The molecular weight excluding hydrogens is 278 g/mol. The molecule has 0 aliphatic heterocycles. The zero-order chi connectivity index (χ0) is 15.5. The maximum absolute atomic E-state index is 10.8. The van der Waals surface area contributed by atoms with Gasteiger partial charge in [-0.05, 0) is 24.1 Å². The second-order valence-corrected chi connectivity index (χ2v) is 4.26. The third-order valence-electron chi connectivity index (χ3n) is 2.69. The number of methoxy groups -OCH3 is 1. The first-order valence-corrected chi connectivity index (χ1v) is 6.57. The Kier molecular flexibility index (Phi) is 8.29. The van der Waals surface area contributed by atoms with Crippen LogP contribution in [0.4, 0.5) is 11.4 Å². The first-order chi connectivity index (χ1) is 10.2. The van der Waals surface area contributed by atoms with Gasteiger partial charge in [-0.2, -0.15) is 0 Å². The highest BCUT2D eigenvalue weighted by Crippen LogP contribution is 2.24. The van der Waals surface area contributed by atoms with Crippen LogP contribution in [-0.2, 0) is 20.8 Å². The van der Waals surface area contributed by atoms with Crippen LogP contribution in [-0.4, -0.2) is 38.5 Å². The summed E-state index contributed by atoms with van der Waals surface area (Å²) in [5.74, 6) is 5.27. The molecule has 0 atom stereocenters. The van der Waals surface area contributed by atoms with E-state index in [-0.39, 0.29) is 11.4 Å². The second kappa shape index (κ2) is 10.1. The van der Waals surface area contributed by atoms with Gasteiger partial charge in [-0.1, -0.05) is 0 Å². The largest absolute Gasteiger partial charge is 0.385 e. The first-order valence-electron chi connectivity index (χ1n) is 6.57. The van der Waals surface area contributed by atoms with E-state index in [2.05, 4.69) is 5.43 Å². The van der Waals surface area contributed by atoms with Crippen LogP contribution in [0.2, 0.25) is 0 Å². The monoisotopic (exact) mass is 299 g/mol. The number of nitro benzene ring substituents is 1. The van der Waals surface area contributed by atoms with Crippen LogP contribution in [0.5, 0.6) is 0 Å². The van der Waals surface area contributed by atoms with Crippen molar-refractivity contribution in [2.45, 2.75) is 13.0 Å². The van der Waals surface area contributed by atoms with Gasteiger partial charge in [0.15, 0.2) is 0 Å². The van der Waals surface area contributed by atoms with E-state index in [0.717, 1.165) is 12.0 Å². The van der Waals surface area contributed by atoms with E-state index in [9.17, 15) is 10.1 Å². The van der Waals surface area contributed by atoms with Crippen molar-refractivity contribution in [1.82, 2.24) is 0 Å². The maximum Gasteiger partial charge on any atom is 0.293 e. The van der Waals surface area contributed by atoms with Crippen molar-refractivity contribution in [3.8, 4) is 0 Å². The van der Waals surface area contributed by atoms with Crippen LogP contribution in [0.15, 0.2) is 18.2 Å². The molecule has 1 aromatic rings. The van der Waals surface area contributed by atoms with Gasteiger partial charge in [0.1, 0.15) is 5.69 Å². The summed E-state index contributed by atoms with van der Waals surface area (Å²) in [6.07, 6.45) is 0.852. The van der Waals surface area contributed by atoms with Gasteiger partial charge in [-0.25, -0.2) is 0 Å². The number of rotatable bonds is 11. The standard InChI is InChI=1S/C13H21N3O5/c1-19-5-2-6-20-7-8-21-10-11-3-4-13(16(17)18)12(9-11)15-14/h3-4,9,15H,2,5-8,10,14H2,1H3. The average molecular weight is 299 g/mol. The minimum absolute atomic E-state index is 0.0669. The maximum atomic E-state index is 10.8. The number of nitrogens with two attached hydrogens (primary N) is 1. The van der Waals surface area contributed by atoms with Crippen molar-refractivity contribution >= 4 is 11.4 Å². The van der Waals surface area contributed by atoms with E-state index >= 15 is 0 Å². The van der Waals surface area contributed by atoms with Gasteiger partial charge in [0.25, 0.3) is 5.69 Å². The number of nitrogens with one attached hydrogen (secondary N) is 1. The lowest BCUT2D eigenvalue weighted by molar-refractivity contribution is -0.384. The quantitative estimate of drug-likeness (QED) is 0.275. The molecule has 0 unspecified atom stereocenters. The van der Waals surface area contributed by atoms with Crippen LogP contribution in [0.25, 0.3) is 0 Å². The van der Waals surface area contributed by atoms with Crippen LogP contribution in [0.3, 0.4) is 0 Å². The predicted molar refractivity (Wildman–Crippen MR) is 77.9 cm³/mol. The highest BCUT2D eigenvalue weighted by Gasteiger charge is 2.12. The van der Waals surface area contributed by atoms with E-state index in [4.69, 9.17) is 20.1 Å². The number of hydrogen-bond acceptors (Lipinski definition) is 7. The van der Waals surface area contributed by atoms with E-state index in [0.29, 0.717) is 33.0 Å². The zero-order valence-electron chi connectivity index (χ0n) is 12.0. The number of ether oxygens (including phenoxy) is 3. The van der Waals surface area contributed by atoms with Crippen molar-refractivity contribution < 1.29 is 19.1 Å². The highest BCUT2D eigenvalue weighted by molar-refractivity contribution is 5.61. The molecule has 0 spiro atoms. The molecule has 3 N–H and O–H groups in total. The number of nitro groups is 1. The molecule has 21 heavy (non-hydrogen) atoms.